The molecule has 0 aliphatic carbocycles. The van der Waals surface area contributed by atoms with Crippen molar-refractivity contribution in [3.05, 3.63) is 59.4 Å². The Morgan fingerprint density at radius 2 is 1.81 bits per heavy atom. The lowest BCUT2D eigenvalue weighted by molar-refractivity contribution is -0.133. The zero-order valence-corrected chi connectivity index (χ0v) is 15.3. The van der Waals surface area contributed by atoms with Crippen LogP contribution in [0.15, 0.2) is 48.8 Å². The first kappa shape index (κ1) is 18.2. The van der Waals surface area contributed by atoms with Crippen LogP contribution in [0.1, 0.15) is 17.3 Å². The van der Waals surface area contributed by atoms with E-state index in [4.69, 9.17) is 11.6 Å². The molecule has 1 aliphatic heterocycles. The number of anilines is 1. The summed E-state index contributed by atoms with van der Waals surface area (Å²) in [6, 6.07) is 10.5. The molecule has 0 bridgehead atoms. The average Bonchev–Trinajstić information content (AvgIpc) is 2.69. The van der Waals surface area contributed by atoms with Crippen molar-refractivity contribution in [3.63, 3.8) is 0 Å². The second-order valence-electron chi connectivity index (χ2n) is 6.23. The highest BCUT2D eigenvalue weighted by Crippen LogP contribution is 2.19. The summed E-state index contributed by atoms with van der Waals surface area (Å²) in [5.41, 5.74) is 1.54. The van der Waals surface area contributed by atoms with Gasteiger partial charge in [-0.05, 0) is 43.3 Å². The maximum Gasteiger partial charge on any atom is 0.253 e. The van der Waals surface area contributed by atoms with E-state index in [0.29, 0.717) is 23.7 Å². The number of pyridine rings is 1. The van der Waals surface area contributed by atoms with Gasteiger partial charge in [-0.25, -0.2) is 0 Å². The first-order valence-electron chi connectivity index (χ1n) is 8.55. The zero-order chi connectivity index (χ0) is 18.5. The molecule has 0 spiro atoms. The fourth-order valence-corrected chi connectivity index (χ4v) is 3.08. The van der Waals surface area contributed by atoms with Gasteiger partial charge >= 0.3 is 0 Å². The Labute approximate surface area is 157 Å². The minimum Gasteiger partial charge on any atom is -0.368 e. The number of rotatable bonds is 4. The third-order valence-electron chi connectivity index (χ3n) is 4.42. The Balaban J connectivity index is 1.53. The molecule has 3 rings (SSSR count). The molecule has 1 aliphatic rings. The molecule has 2 amide bonds. The fourth-order valence-electron chi connectivity index (χ4n) is 2.95. The van der Waals surface area contributed by atoms with E-state index in [1.807, 2.05) is 24.3 Å². The van der Waals surface area contributed by atoms with Gasteiger partial charge in [0.05, 0.1) is 5.56 Å². The zero-order valence-electron chi connectivity index (χ0n) is 14.6. The van der Waals surface area contributed by atoms with Gasteiger partial charge < -0.3 is 15.1 Å². The van der Waals surface area contributed by atoms with Gasteiger partial charge in [0.2, 0.25) is 5.91 Å². The second-order valence-corrected chi connectivity index (χ2v) is 6.66. The SMILES string of the molecule is CC(NC(=O)c1cccnc1)C(=O)N1CCN(c2ccc(Cl)cc2)CC1. The third kappa shape index (κ3) is 4.32. The lowest BCUT2D eigenvalue weighted by atomic mass is 10.2. The predicted molar refractivity (Wildman–Crippen MR) is 101 cm³/mol. The van der Waals surface area contributed by atoms with Crippen molar-refractivity contribution < 1.29 is 9.59 Å². The number of nitrogens with one attached hydrogen (secondary N) is 1. The van der Waals surface area contributed by atoms with Crippen molar-refractivity contribution in [2.24, 2.45) is 0 Å². The lowest BCUT2D eigenvalue weighted by Crippen LogP contribution is -2.54. The topological polar surface area (TPSA) is 65.5 Å². The lowest BCUT2D eigenvalue weighted by Gasteiger charge is -2.37. The molecule has 26 heavy (non-hydrogen) atoms. The Hall–Kier alpha value is -2.60. The number of aromatic nitrogens is 1. The summed E-state index contributed by atoms with van der Waals surface area (Å²) in [6.45, 7) is 4.44. The second kappa shape index (κ2) is 8.19. The molecule has 1 aromatic carbocycles. The molecule has 1 unspecified atom stereocenters. The molecule has 136 valence electrons. The van der Waals surface area contributed by atoms with E-state index >= 15 is 0 Å². The van der Waals surface area contributed by atoms with Crippen LogP contribution in [0.2, 0.25) is 5.02 Å². The summed E-state index contributed by atoms with van der Waals surface area (Å²) in [6.07, 6.45) is 3.09. The van der Waals surface area contributed by atoms with Crippen LogP contribution in [0.4, 0.5) is 5.69 Å². The molecule has 1 fully saturated rings. The number of hydrogen-bond acceptors (Lipinski definition) is 4. The van der Waals surface area contributed by atoms with Gasteiger partial charge in [-0.1, -0.05) is 11.6 Å². The highest BCUT2D eigenvalue weighted by atomic mass is 35.5. The molecular weight excluding hydrogens is 352 g/mol. The largest absolute Gasteiger partial charge is 0.368 e. The number of amides is 2. The molecule has 1 atom stereocenters. The van der Waals surface area contributed by atoms with Crippen molar-refractivity contribution in [2.75, 3.05) is 31.1 Å². The number of benzene rings is 1. The van der Waals surface area contributed by atoms with Crippen LogP contribution in [-0.4, -0.2) is 53.9 Å². The van der Waals surface area contributed by atoms with E-state index in [0.717, 1.165) is 18.8 Å². The Bertz CT molecular complexity index is 759. The summed E-state index contributed by atoms with van der Waals surface area (Å²) in [5, 5.41) is 3.45. The molecule has 2 aromatic rings. The first-order chi connectivity index (χ1) is 12.5. The molecule has 2 heterocycles. The Morgan fingerprint density at radius 3 is 2.42 bits per heavy atom. The predicted octanol–water partition coefficient (Wildman–Crippen LogP) is 2.20. The number of carbonyl (C=O) groups is 2. The van der Waals surface area contributed by atoms with Crippen LogP contribution in [0.5, 0.6) is 0 Å². The Kier molecular flexibility index (Phi) is 5.73. The van der Waals surface area contributed by atoms with Crippen molar-refractivity contribution >= 4 is 29.1 Å². The van der Waals surface area contributed by atoms with E-state index in [-0.39, 0.29) is 11.8 Å². The van der Waals surface area contributed by atoms with Gasteiger partial charge in [-0.2, -0.15) is 0 Å². The monoisotopic (exact) mass is 372 g/mol. The summed E-state index contributed by atoms with van der Waals surface area (Å²) >= 11 is 5.93. The van der Waals surface area contributed by atoms with Gasteiger partial charge in [0, 0.05) is 49.3 Å². The fraction of sp³-hybridized carbons (Fsp3) is 0.316. The summed E-state index contributed by atoms with van der Waals surface area (Å²) in [4.78, 5) is 32.7. The van der Waals surface area contributed by atoms with Gasteiger partial charge in [0.15, 0.2) is 0 Å². The maximum atomic E-state index is 12.6. The average molecular weight is 373 g/mol. The summed E-state index contributed by atoms with van der Waals surface area (Å²) in [5.74, 6) is -0.364. The van der Waals surface area contributed by atoms with Crippen LogP contribution in [0.25, 0.3) is 0 Å². The van der Waals surface area contributed by atoms with E-state index in [1.165, 1.54) is 6.20 Å². The molecule has 7 heteroatoms. The minimum absolute atomic E-state index is 0.0713. The number of nitrogens with zero attached hydrogens (tertiary/aromatic N) is 3. The quantitative estimate of drug-likeness (QED) is 0.893. The molecule has 1 aromatic heterocycles. The van der Waals surface area contributed by atoms with E-state index in [2.05, 4.69) is 15.2 Å². The standard InChI is InChI=1S/C19H21ClN4O2/c1-14(22-18(25)15-3-2-8-21-13-15)19(26)24-11-9-23(10-12-24)17-6-4-16(20)5-7-17/h2-8,13-14H,9-12H2,1H3,(H,22,25). The summed E-state index contributed by atoms with van der Waals surface area (Å²) in [7, 11) is 0. The van der Waals surface area contributed by atoms with Crippen molar-refractivity contribution in [3.8, 4) is 0 Å². The van der Waals surface area contributed by atoms with Crippen LogP contribution in [-0.2, 0) is 4.79 Å². The van der Waals surface area contributed by atoms with Crippen LogP contribution >= 0.6 is 11.6 Å². The number of carbonyl (C=O) groups excluding carboxylic acids is 2. The number of halogens is 1. The third-order valence-corrected chi connectivity index (χ3v) is 4.68. The van der Waals surface area contributed by atoms with Crippen molar-refractivity contribution in [2.45, 2.75) is 13.0 Å². The number of hydrogen-bond donors (Lipinski definition) is 1. The minimum atomic E-state index is -0.579. The van der Waals surface area contributed by atoms with Gasteiger partial charge in [-0.3, -0.25) is 14.6 Å². The highest BCUT2D eigenvalue weighted by molar-refractivity contribution is 6.30. The van der Waals surface area contributed by atoms with Crippen molar-refractivity contribution in [1.29, 1.82) is 0 Å². The maximum absolute atomic E-state index is 12.6. The van der Waals surface area contributed by atoms with E-state index in [9.17, 15) is 9.59 Å². The molecule has 0 saturated carbocycles. The van der Waals surface area contributed by atoms with Gasteiger partial charge in [0.1, 0.15) is 6.04 Å². The summed E-state index contributed by atoms with van der Waals surface area (Å²) < 4.78 is 0. The first-order valence-corrected chi connectivity index (χ1v) is 8.92. The molecule has 0 radical (unpaired) electrons. The van der Waals surface area contributed by atoms with E-state index < -0.39 is 6.04 Å². The molecule has 1 saturated heterocycles. The normalized spacial score (nSPS) is 15.5. The highest BCUT2D eigenvalue weighted by Gasteiger charge is 2.26. The van der Waals surface area contributed by atoms with Gasteiger partial charge in [-0.15, -0.1) is 0 Å². The molecule has 1 N–H and O–H groups in total. The van der Waals surface area contributed by atoms with Crippen LogP contribution < -0.4 is 10.2 Å². The molecular formula is C19H21ClN4O2. The van der Waals surface area contributed by atoms with Crippen LogP contribution in [0.3, 0.4) is 0 Å². The van der Waals surface area contributed by atoms with Crippen molar-refractivity contribution in [1.82, 2.24) is 15.2 Å². The smallest absolute Gasteiger partial charge is 0.253 e. The Morgan fingerprint density at radius 1 is 1.12 bits per heavy atom. The van der Waals surface area contributed by atoms with Crippen LogP contribution in [0, 0.1) is 0 Å². The molecule has 6 nitrogen and oxygen atoms in total. The number of piperazine rings is 1. The van der Waals surface area contributed by atoms with E-state index in [1.54, 1.807) is 30.2 Å². The van der Waals surface area contributed by atoms with Gasteiger partial charge in [0.25, 0.3) is 5.91 Å².